The zero-order valence-electron chi connectivity index (χ0n) is 16.1. The van der Waals surface area contributed by atoms with Crippen molar-refractivity contribution in [2.24, 2.45) is 0 Å². The monoisotopic (exact) mass is 508 g/mol. The summed E-state index contributed by atoms with van der Waals surface area (Å²) in [5, 5.41) is 1.06. The third-order valence-electron chi connectivity index (χ3n) is 3.73. The van der Waals surface area contributed by atoms with Crippen molar-refractivity contribution < 1.29 is 19.0 Å². The predicted octanol–water partition coefficient (Wildman–Crippen LogP) is 6.66. The van der Waals surface area contributed by atoms with E-state index in [4.69, 9.17) is 14.2 Å². The Labute approximate surface area is 182 Å². The van der Waals surface area contributed by atoms with Crippen molar-refractivity contribution in [3.05, 3.63) is 57.0 Å². The van der Waals surface area contributed by atoms with Gasteiger partial charge in [-0.2, -0.15) is 0 Å². The van der Waals surface area contributed by atoms with Crippen LogP contribution in [0, 0.1) is 2.88 Å². The maximum Gasteiger partial charge on any atom is 0.331 e. The van der Waals surface area contributed by atoms with E-state index in [1.54, 1.807) is 24.5 Å². The Morgan fingerprint density at radius 3 is 2.39 bits per heavy atom. The number of benzene rings is 2. The average molecular weight is 508 g/mol. The molecule has 0 spiro atoms. The molecule has 0 aliphatic rings. The first kappa shape index (κ1) is 20.7. The van der Waals surface area contributed by atoms with Crippen LogP contribution in [0.15, 0.2) is 48.5 Å². The van der Waals surface area contributed by atoms with Gasteiger partial charge in [0.05, 0.1) is 7.11 Å². The molecule has 4 nitrogen and oxygen atoms in total. The highest BCUT2D eigenvalue weighted by atomic mass is 127. The van der Waals surface area contributed by atoms with E-state index in [0.29, 0.717) is 0 Å². The topological polar surface area (TPSA) is 44.8 Å². The highest BCUT2D eigenvalue weighted by Crippen LogP contribution is 2.42. The van der Waals surface area contributed by atoms with Crippen LogP contribution in [-0.4, -0.2) is 18.7 Å². The molecule has 0 saturated heterocycles. The number of rotatable bonds is 5. The molecular formula is C22H21IO4S. The normalized spacial score (nSPS) is 11.8. The van der Waals surface area contributed by atoms with E-state index in [2.05, 4.69) is 22.6 Å². The first-order valence-corrected chi connectivity index (χ1v) is 10.6. The molecule has 28 heavy (non-hydrogen) atoms. The fourth-order valence-electron chi connectivity index (χ4n) is 2.51. The van der Waals surface area contributed by atoms with E-state index in [1.807, 2.05) is 63.2 Å². The van der Waals surface area contributed by atoms with Gasteiger partial charge >= 0.3 is 5.97 Å². The molecule has 6 heteroatoms. The molecule has 0 unspecified atom stereocenters. The van der Waals surface area contributed by atoms with Crippen molar-refractivity contribution in [2.45, 2.75) is 26.4 Å². The average Bonchev–Trinajstić information content (AvgIpc) is 2.94. The largest absolute Gasteiger partial charge is 0.497 e. The lowest BCUT2D eigenvalue weighted by molar-refractivity contribution is -0.148. The summed E-state index contributed by atoms with van der Waals surface area (Å²) in [6, 6.07) is 13.5. The Morgan fingerprint density at radius 1 is 1.07 bits per heavy atom. The Bertz CT molecular complexity index is 1010. The zero-order valence-corrected chi connectivity index (χ0v) is 19.1. The van der Waals surface area contributed by atoms with Crippen LogP contribution in [0.4, 0.5) is 0 Å². The Morgan fingerprint density at radius 2 is 1.75 bits per heavy atom. The summed E-state index contributed by atoms with van der Waals surface area (Å²) in [7, 11) is 1.66. The van der Waals surface area contributed by atoms with Crippen LogP contribution >= 0.6 is 33.9 Å². The second kappa shape index (κ2) is 8.53. The Balaban J connectivity index is 1.74. The number of ether oxygens (including phenoxy) is 3. The van der Waals surface area contributed by atoms with Gasteiger partial charge in [-0.15, -0.1) is 11.3 Å². The van der Waals surface area contributed by atoms with Gasteiger partial charge in [-0.1, -0.05) is 12.1 Å². The Kier molecular flexibility index (Phi) is 6.30. The predicted molar refractivity (Wildman–Crippen MR) is 122 cm³/mol. The highest BCUT2D eigenvalue weighted by molar-refractivity contribution is 14.1. The van der Waals surface area contributed by atoms with E-state index >= 15 is 0 Å². The number of halogens is 1. The second-order valence-corrected chi connectivity index (χ2v) is 9.97. The van der Waals surface area contributed by atoms with Gasteiger partial charge in [-0.25, -0.2) is 4.79 Å². The SMILES string of the molecule is COc1ccc2c(Oc3ccc(/C=C/C(=O)OC(C)(C)C)cc3)c(I)sc2c1. The molecule has 3 aromatic rings. The van der Waals surface area contributed by atoms with Gasteiger partial charge in [-0.05, 0) is 85.3 Å². The molecular weight excluding hydrogens is 487 g/mol. The fourth-order valence-corrected chi connectivity index (χ4v) is 4.51. The van der Waals surface area contributed by atoms with E-state index in [0.717, 1.165) is 35.8 Å². The number of esters is 1. The van der Waals surface area contributed by atoms with Gasteiger partial charge in [0.2, 0.25) is 0 Å². The lowest BCUT2D eigenvalue weighted by Crippen LogP contribution is -2.22. The number of fused-ring (bicyclic) bond motifs is 1. The summed E-state index contributed by atoms with van der Waals surface area (Å²) in [5.74, 6) is 2.06. The summed E-state index contributed by atoms with van der Waals surface area (Å²) >= 11 is 3.96. The molecule has 0 atom stereocenters. The van der Waals surface area contributed by atoms with Crippen LogP contribution in [0.25, 0.3) is 16.2 Å². The maximum atomic E-state index is 11.8. The van der Waals surface area contributed by atoms with Crippen LogP contribution in [-0.2, 0) is 9.53 Å². The molecule has 0 bridgehead atoms. The minimum Gasteiger partial charge on any atom is -0.497 e. The van der Waals surface area contributed by atoms with Crippen molar-refractivity contribution in [1.29, 1.82) is 0 Å². The van der Waals surface area contributed by atoms with Gasteiger partial charge in [0.15, 0.2) is 5.75 Å². The molecule has 1 aromatic heterocycles. The van der Waals surface area contributed by atoms with Crippen LogP contribution in [0.3, 0.4) is 0 Å². The standard InChI is InChI=1S/C22H21IO4S/c1-22(2,3)27-19(24)12-7-14-5-8-15(9-6-14)26-20-17-11-10-16(25-4)13-18(17)28-21(20)23/h5-13H,1-4H3/b12-7+. The smallest absolute Gasteiger partial charge is 0.331 e. The highest BCUT2D eigenvalue weighted by Gasteiger charge is 2.14. The minimum absolute atomic E-state index is 0.359. The summed E-state index contributed by atoms with van der Waals surface area (Å²) in [6.07, 6.45) is 3.16. The second-order valence-electron chi connectivity index (χ2n) is 7.10. The number of hydrogen-bond acceptors (Lipinski definition) is 5. The van der Waals surface area contributed by atoms with Crippen molar-refractivity contribution in [3.8, 4) is 17.2 Å². The van der Waals surface area contributed by atoms with E-state index < -0.39 is 5.60 Å². The van der Waals surface area contributed by atoms with Crippen LogP contribution in [0.5, 0.6) is 17.2 Å². The molecule has 0 aliphatic heterocycles. The van der Waals surface area contributed by atoms with Crippen LogP contribution in [0.2, 0.25) is 0 Å². The summed E-state index contributed by atoms with van der Waals surface area (Å²) in [4.78, 5) is 11.8. The molecule has 0 aliphatic carbocycles. The number of hydrogen-bond donors (Lipinski definition) is 0. The maximum absolute atomic E-state index is 11.8. The molecule has 3 rings (SSSR count). The number of carbonyl (C=O) groups is 1. The molecule has 0 fully saturated rings. The minimum atomic E-state index is -0.496. The first-order chi connectivity index (χ1) is 13.2. The third kappa shape index (κ3) is 5.26. The zero-order chi connectivity index (χ0) is 20.3. The molecule has 2 aromatic carbocycles. The number of methoxy groups -OCH3 is 1. The molecule has 0 saturated carbocycles. The van der Waals surface area contributed by atoms with Gasteiger partial charge < -0.3 is 14.2 Å². The number of thiophene rings is 1. The van der Waals surface area contributed by atoms with E-state index in [9.17, 15) is 4.79 Å². The first-order valence-electron chi connectivity index (χ1n) is 8.70. The van der Waals surface area contributed by atoms with Gasteiger partial charge in [0, 0.05) is 16.2 Å². The van der Waals surface area contributed by atoms with E-state index in [1.165, 1.54) is 6.08 Å². The summed E-state index contributed by atoms with van der Waals surface area (Å²) < 4.78 is 18.9. The van der Waals surface area contributed by atoms with Crippen molar-refractivity contribution in [2.75, 3.05) is 7.11 Å². The van der Waals surface area contributed by atoms with E-state index in [-0.39, 0.29) is 5.97 Å². The van der Waals surface area contributed by atoms with Gasteiger partial charge in [0.25, 0.3) is 0 Å². The molecule has 1 heterocycles. The van der Waals surface area contributed by atoms with Crippen molar-refractivity contribution in [1.82, 2.24) is 0 Å². The molecule has 0 N–H and O–H groups in total. The quantitative estimate of drug-likeness (QED) is 0.220. The van der Waals surface area contributed by atoms with Crippen LogP contribution in [0.1, 0.15) is 26.3 Å². The Hall–Kier alpha value is -2.06. The lowest BCUT2D eigenvalue weighted by atomic mass is 10.2. The molecule has 0 amide bonds. The fraction of sp³-hybridized carbons (Fsp3) is 0.227. The van der Waals surface area contributed by atoms with Crippen molar-refractivity contribution >= 4 is 56.1 Å². The molecule has 0 radical (unpaired) electrons. The van der Waals surface area contributed by atoms with Gasteiger partial charge in [-0.3, -0.25) is 0 Å². The summed E-state index contributed by atoms with van der Waals surface area (Å²) in [5.41, 5.74) is 0.400. The number of carbonyl (C=O) groups excluding carboxylic acids is 1. The van der Waals surface area contributed by atoms with Crippen molar-refractivity contribution in [3.63, 3.8) is 0 Å². The molecule has 146 valence electrons. The summed E-state index contributed by atoms with van der Waals surface area (Å²) in [6.45, 7) is 5.53. The third-order valence-corrected chi connectivity index (χ3v) is 5.80. The lowest BCUT2D eigenvalue weighted by Gasteiger charge is -2.17. The van der Waals surface area contributed by atoms with Gasteiger partial charge in [0.1, 0.15) is 20.0 Å². The van der Waals surface area contributed by atoms with Crippen LogP contribution < -0.4 is 9.47 Å².